The maximum absolute atomic E-state index is 5.16. The van der Waals surface area contributed by atoms with E-state index < -0.39 is 0 Å². The van der Waals surface area contributed by atoms with Crippen LogP contribution in [0.5, 0.6) is 0 Å². The number of aryl methyl sites for hydroxylation is 1. The summed E-state index contributed by atoms with van der Waals surface area (Å²) in [4.78, 5) is 13.2. The molecule has 4 aromatic heterocycles. The van der Waals surface area contributed by atoms with E-state index in [1.165, 1.54) is 6.33 Å². The Morgan fingerprint density at radius 2 is 2.17 bits per heavy atom. The molecule has 24 heavy (non-hydrogen) atoms. The molecular weight excluding hydrogens is 306 g/mol. The molecular formula is C16H17N7O. The Balaban J connectivity index is 1.63. The van der Waals surface area contributed by atoms with Crippen molar-refractivity contribution in [1.82, 2.24) is 29.0 Å². The molecule has 0 aliphatic heterocycles. The molecule has 0 bridgehead atoms. The van der Waals surface area contributed by atoms with E-state index in [0.29, 0.717) is 18.9 Å². The molecule has 0 aromatic carbocycles. The van der Waals surface area contributed by atoms with Gasteiger partial charge in [-0.3, -0.25) is 0 Å². The van der Waals surface area contributed by atoms with Crippen molar-refractivity contribution in [3.8, 4) is 0 Å². The van der Waals surface area contributed by atoms with Crippen LogP contribution in [0.2, 0.25) is 0 Å². The van der Waals surface area contributed by atoms with Crippen LogP contribution in [0.25, 0.3) is 11.4 Å². The summed E-state index contributed by atoms with van der Waals surface area (Å²) in [5.41, 5.74) is 3.86. The van der Waals surface area contributed by atoms with Gasteiger partial charge < -0.3 is 14.5 Å². The highest BCUT2D eigenvalue weighted by atomic mass is 16.5. The summed E-state index contributed by atoms with van der Waals surface area (Å²) in [5, 5.41) is 7.56. The number of rotatable bonds is 5. The van der Waals surface area contributed by atoms with Crippen molar-refractivity contribution in [1.29, 1.82) is 0 Å². The highest BCUT2D eigenvalue weighted by Crippen LogP contribution is 2.14. The Bertz CT molecular complexity index is 1000. The molecule has 0 amide bonds. The lowest BCUT2D eigenvalue weighted by Gasteiger charge is -2.08. The predicted octanol–water partition coefficient (Wildman–Crippen LogP) is 1.84. The maximum Gasteiger partial charge on any atom is 0.254 e. The fourth-order valence-corrected chi connectivity index (χ4v) is 2.68. The molecule has 4 rings (SSSR count). The van der Waals surface area contributed by atoms with Crippen molar-refractivity contribution in [3.05, 3.63) is 53.9 Å². The molecule has 0 unspecified atom stereocenters. The van der Waals surface area contributed by atoms with E-state index in [4.69, 9.17) is 4.74 Å². The number of ether oxygens (including phenoxy) is 1. The first kappa shape index (κ1) is 14.6. The van der Waals surface area contributed by atoms with Gasteiger partial charge in [0.25, 0.3) is 5.78 Å². The third-order valence-corrected chi connectivity index (χ3v) is 3.78. The maximum atomic E-state index is 5.16. The van der Waals surface area contributed by atoms with Crippen LogP contribution < -0.4 is 5.32 Å². The van der Waals surface area contributed by atoms with Crippen LogP contribution in [0.3, 0.4) is 0 Å². The number of anilines is 1. The largest absolute Gasteiger partial charge is 0.378 e. The minimum Gasteiger partial charge on any atom is -0.378 e. The first-order chi connectivity index (χ1) is 11.7. The standard InChI is InChI=1S/C16H17N7O/c1-11-4-3-5-22-8-13(20-15(11)22)7-17-14-6-12(9-24-2)21-16-18-10-19-23(14)16/h3-6,8,10,17H,7,9H2,1-2H3. The third kappa shape index (κ3) is 2.56. The minimum absolute atomic E-state index is 0.422. The molecule has 0 fully saturated rings. The lowest BCUT2D eigenvalue weighted by Crippen LogP contribution is -2.08. The van der Waals surface area contributed by atoms with Crippen LogP contribution in [0.1, 0.15) is 17.0 Å². The molecule has 0 saturated heterocycles. The van der Waals surface area contributed by atoms with Crippen LogP contribution in [0.15, 0.2) is 36.9 Å². The number of hydrogen-bond acceptors (Lipinski definition) is 6. The Morgan fingerprint density at radius 1 is 1.25 bits per heavy atom. The minimum atomic E-state index is 0.422. The number of aromatic nitrogens is 6. The van der Waals surface area contributed by atoms with Gasteiger partial charge in [-0.05, 0) is 18.6 Å². The zero-order chi connectivity index (χ0) is 16.5. The zero-order valence-electron chi connectivity index (χ0n) is 13.5. The molecule has 4 heterocycles. The summed E-state index contributed by atoms with van der Waals surface area (Å²) in [7, 11) is 1.64. The fourth-order valence-electron chi connectivity index (χ4n) is 2.68. The van der Waals surface area contributed by atoms with E-state index in [2.05, 4.69) is 38.4 Å². The summed E-state index contributed by atoms with van der Waals surface area (Å²) < 4.78 is 8.86. The van der Waals surface area contributed by atoms with E-state index in [1.54, 1.807) is 11.6 Å². The van der Waals surface area contributed by atoms with Crippen molar-refractivity contribution < 1.29 is 4.74 Å². The van der Waals surface area contributed by atoms with E-state index in [1.807, 2.05) is 28.9 Å². The quantitative estimate of drug-likeness (QED) is 0.603. The Hall–Kier alpha value is -3.00. The van der Waals surface area contributed by atoms with Gasteiger partial charge in [0.1, 0.15) is 17.8 Å². The van der Waals surface area contributed by atoms with Crippen molar-refractivity contribution in [2.24, 2.45) is 0 Å². The monoisotopic (exact) mass is 323 g/mol. The zero-order valence-corrected chi connectivity index (χ0v) is 13.5. The molecule has 8 heteroatoms. The average molecular weight is 323 g/mol. The van der Waals surface area contributed by atoms with Gasteiger partial charge in [0.15, 0.2) is 0 Å². The van der Waals surface area contributed by atoms with Crippen molar-refractivity contribution >= 4 is 17.2 Å². The third-order valence-electron chi connectivity index (χ3n) is 3.78. The van der Waals surface area contributed by atoms with E-state index in [0.717, 1.165) is 28.4 Å². The first-order valence-corrected chi connectivity index (χ1v) is 7.60. The van der Waals surface area contributed by atoms with Crippen molar-refractivity contribution in [2.75, 3.05) is 12.4 Å². The normalized spacial score (nSPS) is 11.4. The van der Waals surface area contributed by atoms with Gasteiger partial charge in [0, 0.05) is 25.6 Å². The van der Waals surface area contributed by atoms with Crippen LogP contribution in [0, 0.1) is 6.92 Å². The average Bonchev–Trinajstić information content (AvgIpc) is 3.20. The van der Waals surface area contributed by atoms with Gasteiger partial charge in [-0.25, -0.2) is 9.97 Å². The van der Waals surface area contributed by atoms with Gasteiger partial charge >= 0.3 is 0 Å². The van der Waals surface area contributed by atoms with E-state index >= 15 is 0 Å². The van der Waals surface area contributed by atoms with Gasteiger partial charge in [0.2, 0.25) is 0 Å². The molecule has 122 valence electrons. The number of methoxy groups -OCH3 is 1. The number of fused-ring (bicyclic) bond motifs is 2. The van der Waals surface area contributed by atoms with Crippen LogP contribution >= 0.6 is 0 Å². The Labute approximate surface area is 138 Å². The highest BCUT2D eigenvalue weighted by Gasteiger charge is 2.09. The molecule has 1 N–H and O–H groups in total. The molecule has 0 atom stereocenters. The van der Waals surface area contributed by atoms with E-state index in [-0.39, 0.29) is 0 Å². The lowest BCUT2D eigenvalue weighted by atomic mass is 10.3. The number of hydrogen-bond donors (Lipinski definition) is 1. The lowest BCUT2D eigenvalue weighted by molar-refractivity contribution is 0.181. The predicted molar refractivity (Wildman–Crippen MR) is 88.8 cm³/mol. The summed E-state index contributed by atoms with van der Waals surface area (Å²) in [6.45, 7) is 3.05. The highest BCUT2D eigenvalue weighted by molar-refractivity contribution is 5.49. The summed E-state index contributed by atoms with van der Waals surface area (Å²) >= 11 is 0. The van der Waals surface area contributed by atoms with Gasteiger partial charge in [-0.15, -0.1) is 0 Å². The van der Waals surface area contributed by atoms with Gasteiger partial charge in [0.05, 0.1) is 24.5 Å². The summed E-state index contributed by atoms with van der Waals surface area (Å²) in [6.07, 6.45) is 5.50. The van der Waals surface area contributed by atoms with Crippen LogP contribution in [-0.2, 0) is 17.9 Å². The smallest absolute Gasteiger partial charge is 0.254 e. The van der Waals surface area contributed by atoms with Crippen molar-refractivity contribution in [2.45, 2.75) is 20.1 Å². The van der Waals surface area contributed by atoms with E-state index in [9.17, 15) is 0 Å². The Morgan fingerprint density at radius 3 is 3.00 bits per heavy atom. The fraction of sp³-hybridized carbons (Fsp3) is 0.250. The van der Waals surface area contributed by atoms with Crippen LogP contribution in [0.4, 0.5) is 5.82 Å². The summed E-state index contributed by atoms with van der Waals surface area (Å²) in [5.74, 6) is 1.34. The molecule has 8 nitrogen and oxygen atoms in total. The van der Waals surface area contributed by atoms with Crippen molar-refractivity contribution in [3.63, 3.8) is 0 Å². The second-order valence-corrected chi connectivity index (χ2v) is 5.55. The number of pyridine rings is 1. The Kier molecular flexibility index (Phi) is 3.58. The second kappa shape index (κ2) is 5.89. The van der Waals surface area contributed by atoms with Gasteiger partial charge in [-0.1, -0.05) is 6.07 Å². The number of nitrogens with zero attached hydrogens (tertiary/aromatic N) is 6. The van der Waals surface area contributed by atoms with Gasteiger partial charge in [-0.2, -0.15) is 14.6 Å². The molecule has 0 radical (unpaired) electrons. The van der Waals surface area contributed by atoms with Crippen LogP contribution in [-0.4, -0.2) is 36.1 Å². The molecule has 0 spiro atoms. The molecule has 0 aliphatic carbocycles. The SMILES string of the molecule is COCc1cc(NCc2cn3cccc(C)c3n2)n2ncnc2n1. The topological polar surface area (TPSA) is 81.6 Å². The number of nitrogens with one attached hydrogen (secondary N) is 1. The number of imidazole rings is 1. The first-order valence-electron chi connectivity index (χ1n) is 7.60. The molecule has 0 aliphatic rings. The summed E-state index contributed by atoms with van der Waals surface area (Å²) in [6, 6.07) is 5.98. The molecule has 4 aromatic rings. The second-order valence-electron chi connectivity index (χ2n) is 5.55. The molecule has 0 saturated carbocycles.